The number of ether oxygens (including phenoxy) is 2. The molecule has 1 N–H and O–H groups in total. The van der Waals surface area contributed by atoms with Crippen molar-refractivity contribution in [1.82, 2.24) is 14.8 Å². The summed E-state index contributed by atoms with van der Waals surface area (Å²) >= 11 is 17.9. The number of hydrogen-bond donors (Lipinski definition) is 1. The van der Waals surface area contributed by atoms with Crippen molar-refractivity contribution in [2.45, 2.75) is 6.61 Å². The topological polar surface area (TPSA) is 78.3 Å². The van der Waals surface area contributed by atoms with Gasteiger partial charge in [-0.25, -0.2) is 4.68 Å². The van der Waals surface area contributed by atoms with Crippen molar-refractivity contribution in [3.63, 3.8) is 0 Å². The van der Waals surface area contributed by atoms with Crippen molar-refractivity contribution < 1.29 is 14.3 Å². The first kappa shape index (κ1) is 25.0. The molecule has 1 amide bonds. The minimum atomic E-state index is -0.290. The fourth-order valence-electron chi connectivity index (χ4n) is 3.19. The molecule has 35 heavy (non-hydrogen) atoms. The number of carbonyl (C=O) groups is 1. The van der Waals surface area contributed by atoms with E-state index in [0.717, 1.165) is 5.56 Å². The van der Waals surface area contributed by atoms with E-state index in [1.807, 2.05) is 30.3 Å². The van der Waals surface area contributed by atoms with E-state index in [1.54, 1.807) is 47.1 Å². The number of aromatic nitrogens is 3. The van der Waals surface area contributed by atoms with Gasteiger partial charge in [-0.05, 0) is 48.0 Å². The maximum atomic E-state index is 11.5. The predicted molar refractivity (Wildman–Crippen MR) is 138 cm³/mol. The van der Waals surface area contributed by atoms with Gasteiger partial charge in [0.1, 0.15) is 12.5 Å². The SMILES string of the molecule is O=C(CCl)Nc1ccc(-n2nc(OCCOCc3ccccc3)nc2-c2ccc(Cl)c(Cl)c2)cc1. The van der Waals surface area contributed by atoms with E-state index in [-0.39, 0.29) is 24.4 Å². The van der Waals surface area contributed by atoms with Crippen LogP contribution < -0.4 is 10.1 Å². The lowest BCUT2D eigenvalue weighted by Crippen LogP contribution is -2.12. The van der Waals surface area contributed by atoms with Gasteiger partial charge in [0.2, 0.25) is 5.91 Å². The smallest absolute Gasteiger partial charge is 0.336 e. The average Bonchev–Trinajstić information content (AvgIpc) is 3.30. The summed E-state index contributed by atoms with van der Waals surface area (Å²) in [7, 11) is 0. The van der Waals surface area contributed by atoms with Crippen molar-refractivity contribution >= 4 is 46.4 Å². The Morgan fingerprint density at radius 3 is 2.43 bits per heavy atom. The third kappa shape index (κ3) is 6.74. The first-order valence-electron chi connectivity index (χ1n) is 10.7. The molecule has 0 saturated carbocycles. The summed E-state index contributed by atoms with van der Waals surface area (Å²) in [5.41, 5.74) is 3.12. The van der Waals surface area contributed by atoms with Crippen molar-refractivity contribution in [1.29, 1.82) is 0 Å². The van der Waals surface area contributed by atoms with Crippen LogP contribution in [0, 0.1) is 0 Å². The Morgan fingerprint density at radius 2 is 1.71 bits per heavy atom. The van der Waals surface area contributed by atoms with Crippen LogP contribution in [0.4, 0.5) is 5.69 Å². The van der Waals surface area contributed by atoms with E-state index in [4.69, 9.17) is 44.3 Å². The molecule has 0 bridgehead atoms. The molecule has 10 heteroatoms. The van der Waals surface area contributed by atoms with E-state index >= 15 is 0 Å². The minimum absolute atomic E-state index is 0.123. The Bertz CT molecular complexity index is 1280. The molecule has 1 aromatic heterocycles. The first-order chi connectivity index (χ1) is 17.0. The number of carbonyl (C=O) groups excluding carboxylic acids is 1. The summed E-state index contributed by atoms with van der Waals surface area (Å²) in [6, 6.07) is 22.4. The molecule has 0 aliphatic heterocycles. The van der Waals surface area contributed by atoms with Gasteiger partial charge < -0.3 is 14.8 Å². The molecular weight excluding hydrogens is 511 g/mol. The standard InChI is InChI=1S/C25H21Cl3N4O3/c26-15-23(33)29-19-7-9-20(10-8-19)32-24(18-6-11-21(27)22(28)14-18)30-25(31-32)35-13-12-34-16-17-4-2-1-3-5-17/h1-11,14H,12-13,15-16H2,(H,29,33). The summed E-state index contributed by atoms with van der Waals surface area (Å²) in [6.07, 6.45) is 0. The van der Waals surface area contributed by atoms with Crippen molar-refractivity contribution in [2.75, 3.05) is 24.4 Å². The lowest BCUT2D eigenvalue weighted by atomic mass is 10.2. The molecule has 180 valence electrons. The maximum absolute atomic E-state index is 11.5. The van der Waals surface area contributed by atoms with Gasteiger partial charge in [0, 0.05) is 11.3 Å². The highest BCUT2D eigenvalue weighted by atomic mass is 35.5. The Kier molecular flexibility index (Phi) is 8.60. The van der Waals surface area contributed by atoms with Gasteiger partial charge in [0.25, 0.3) is 0 Å². The van der Waals surface area contributed by atoms with Crippen LogP contribution in [0.3, 0.4) is 0 Å². The highest BCUT2D eigenvalue weighted by Gasteiger charge is 2.16. The Balaban J connectivity index is 1.51. The predicted octanol–water partition coefficient (Wildman–Crippen LogP) is 6.01. The number of anilines is 1. The molecule has 0 radical (unpaired) electrons. The van der Waals surface area contributed by atoms with Crippen LogP contribution in [-0.4, -0.2) is 39.8 Å². The van der Waals surface area contributed by atoms with Gasteiger partial charge in [-0.15, -0.1) is 16.7 Å². The monoisotopic (exact) mass is 530 g/mol. The molecule has 0 unspecified atom stereocenters. The van der Waals surface area contributed by atoms with Crippen molar-refractivity contribution in [3.05, 3.63) is 88.4 Å². The molecule has 1 heterocycles. The third-order valence-electron chi connectivity index (χ3n) is 4.85. The number of benzene rings is 3. The fourth-order valence-corrected chi connectivity index (χ4v) is 3.56. The van der Waals surface area contributed by atoms with Gasteiger partial charge in [0.15, 0.2) is 5.82 Å². The number of rotatable bonds is 10. The van der Waals surface area contributed by atoms with Gasteiger partial charge in [-0.3, -0.25) is 4.79 Å². The zero-order chi connectivity index (χ0) is 24.6. The summed E-state index contributed by atoms with van der Waals surface area (Å²) < 4.78 is 13.1. The number of alkyl halides is 1. The second kappa shape index (κ2) is 12.0. The molecule has 4 aromatic rings. The fraction of sp³-hybridized carbons (Fsp3) is 0.160. The van der Waals surface area contributed by atoms with Crippen LogP contribution in [0.25, 0.3) is 17.1 Å². The van der Waals surface area contributed by atoms with Crippen LogP contribution >= 0.6 is 34.8 Å². The number of nitrogens with zero attached hydrogens (tertiary/aromatic N) is 3. The summed E-state index contributed by atoms with van der Waals surface area (Å²) in [4.78, 5) is 16.1. The van der Waals surface area contributed by atoms with Crippen LogP contribution in [0.2, 0.25) is 10.0 Å². The van der Waals surface area contributed by atoms with E-state index in [9.17, 15) is 4.79 Å². The summed E-state index contributed by atoms with van der Waals surface area (Å²) in [5.74, 6) is 0.102. The Hall–Kier alpha value is -3.10. The molecule has 3 aromatic carbocycles. The van der Waals surface area contributed by atoms with Crippen LogP contribution in [-0.2, 0) is 16.1 Å². The lowest BCUT2D eigenvalue weighted by Gasteiger charge is -2.08. The van der Waals surface area contributed by atoms with Gasteiger partial charge in [0.05, 0.1) is 28.9 Å². The Morgan fingerprint density at radius 1 is 0.943 bits per heavy atom. The lowest BCUT2D eigenvalue weighted by molar-refractivity contribution is -0.113. The zero-order valence-electron chi connectivity index (χ0n) is 18.5. The van der Waals surface area contributed by atoms with Gasteiger partial charge in [-0.2, -0.15) is 4.98 Å². The molecule has 0 aliphatic carbocycles. The van der Waals surface area contributed by atoms with E-state index in [0.29, 0.717) is 46.0 Å². The van der Waals surface area contributed by atoms with E-state index in [1.165, 1.54) is 0 Å². The molecule has 4 rings (SSSR count). The second-order valence-corrected chi connectivity index (χ2v) is 8.46. The van der Waals surface area contributed by atoms with Crippen LogP contribution in [0.15, 0.2) is 72.8 Å². The zero-order valence-corrected chi connectivity index (χ0v) is 20.7. The van der Waals surface area contributed by atoms with Gasteiger partial charge >= 0.3 is 6.01 Å². The van der Waals surface area contributed by atoms with Crippen LogP contribution in [0.1, 0.15) is 5.56 Å². The van der Waals surface area contributed by atoms with Gasteiger partial charge in [-0.1, -0.05) is 53.5 Å². The quantitative estimate of drug-likeness (QED) is 0.200. The minimum Gasteiger partial charge on any atom is -0.460 e. The molecular formula is C25H21Cl3N4O3. The average molecular weight is 532 g/mol. The van der Waals surface area contributed by atoms with Crippen molar-refractivity contribution in [2.24, 2.45) is 0 Å². The normalized spacial score (nSPS) is 10.8. The number of halogens is 3. The van der Waals surface area contributed by atoms with E-state index < -0.39 is 0 Å². The highest BCUT2D eigenvalue weighted by Crippen LogP contribution is 2.30. The molecule has 0 saturated heterocycles. The third-order valence-corrected chi connectivity index (χ3v) is 5.83. The first-order valence-corrected chi connectivity index (χ1v) is 12.0. The largest absolute Gasteiger partial charge is 0.460 e. The maximum Gasteiger partial charge on any atom is 0.336 e. The number of nitrogens with one attached hydrogen (secondary N) is 1. The second-order valence-electron chi connectivity index (χ2n) is 7.37. The summed E-state index contributed by atoms with van der Waals surface area (Å²) in [6.45, 7) is 1.15. The Labute approximate surface area is 217 Å². The highest BCUT2D eigenvalue weighted by molar-refractivity contribution is 6.42. The summed E-state index contributed by atoms with van der Waals surface area (Å²) in [5, 5.41) is 8.05. The molecule has 0 spiro atoms. The molecule has 0 atom stereocenters. The van der Waals surface area contributed by atoms with E-state index in [2.05, 4.69) is 15.4 Å². The van der Waals surface area contributed by atoms with Crippen molar-refractivity contribution in [3.8, 4) is 23.1 Å². The number of hydrogen-bond acceptors (Lipinski definition) is 5. The number of amides is 1. The molecule has 7 nitrogen and oxygen atoms in total. The molecule has 0 aliphatic rings. The molecule has 0 fully saturated rings. The van der Waals surface area contributed by atoms with Crippen LogP contribution in [0.5, 0.6) is 6.01 Å².